The number of carbonyl (C=O) groups excluding carboxylic acids is 1. The van der Waals surface area contributed by atoms with E-state index in [-0.39, 0.29) is 19.1 Å². The first-order valence-electron chi connectivity index (χ1n) is 6.23. The van der Waals surface area contributed by atoms with Gasteiger partial charge in [0.25, 0.3) is 5.91 Å². The first-order valence-corrected chi connectivity index (χ1v) is 6.61. The van der Waals surface area contributed by atoms with Gasteiger partial charge in [0.2, 0.25) is 0 Å². The van der Waals surface area contributed by atoms with Gasteiger partial charge in [-0.1, -0.05) is 18.5 Å². The third-order valence-corrected chi connectivity index (χ3v) is 3.12. The lowest BCUT2D eigenvalue weighted by atomic mass is 10.2. The molecule has 1 heterocycles. The summed E-state index contributed by atoms with van der Waals surface area (Å²) < 4.78 is 5.34. The van der Waals surface area contributed by atoms with E-state index in [9.17, 15) is 9.90 Å². The Balaban J connectivity index is 2.15. The number of amides is 1. The fraction of sp³-hybridized carbons (Fsp3) is 0.462. The number of rotatable bonds is 5. The van der Waals surface area contributed by atoms with E-state index >= 15 is 0 Å². The van der Waals surface area contributed by atoms with E-state index in [0.29, 0.717) is 23.0 Å². The number of nitrogens with one attached hydrogen (secondary N) is 1. The summed E-state index contributed by atoms with van der Waals surface area (Å²) in [4.78, 5) is 13.4. The number of carbonyl (C=O) groups is 1. The first kappa shape index (κ1) is 14.1. The number of halogens is 1. The average molecular weight is 285 g/mol. The van der Waals surface area contributed by atoms with E-state index < -0.39 is 6.10 Å². The molecule has 0 bridgehead atoms. The SMILES string of the molecule is CCNCC(O)CN1C(=O)COc2ccc(Cl)cc21. The summed E-state index contributed by atoms with van der Waals surface area (Å²) in [5, 5.41) is 13.5. The van der Waals surface area contributed by atoms with Crippen LogP contribution < -0.4 is 15.0 Å². The molecule has 5 nitrogen and oxygen atoms in total. The Labute approximate surface area is 117 Å². The van der Waals surface area contributed by atoms with E-state index in [0.717, 1.165) is 6.54 Å². The van der Waals surface area contributed by atoms with Crippen LogP contribution in [0.1, 0.15) is 6.92 Å². The lowest BCUT2D eigenvalue weighted by Crippen LogP contribution is -2.45. The van der Waals surface area contributed by atoms with Crippen molar-refractivity contribution in [2.45, 2.75) is 13.0 Å². The van der Waals surface area contributed by atoms with E-state index in [1.807, 2.05) is 6.92 Å². The van der Waals surface area contributed by atoms with Gasteiger partial charge in [-0.25, -0.2) is 0 Å². The van der Waals surface area contributed by atoms with Gasteiger partial charge < -0.3 is 20.1 Å². The standard InChI is InChI=1S/C13H17ClN2O3/c1-2-15-6-10(17)7-16-11-5-9(14)3-4-12(11)19-8-13(16)18/h3-5,10,15,17H,2,6-8H2,1H3. The molecule has 0 aromatic heterocycles. The second kappa shape index (κ2) is 6.23. The number of aliphatic hydroxyl groups excluding tert-OH is 1. The molecule has 1 unspecified atom stereocenters. The molecule has 2 rings (SSSR count). The van der Waals surface area contributed by atoms with Crippen LogP contribution in [0.25, 0.3) is 0 Å². The van der Waals surface area contributed by atoms with Gasteiger partial charge in [-0.05, 0) is 24.7 Å². The number of β-amino-alcohol motifs (C(OH)–C–C–N with tert-alkyl or cyclic N) is 1. The number of aliphatic hydroxyl groups is 1. The molecule has 104 valence electrons. The number of anilines is 1. The Morgan fingerprint density at radius 1 is 1.58 bits per heavy atom. The number of hydrogen-bond donors (Lipinski definition) is 2. The van der Waals surface area contributed by atoms with E-state index in [1.54, 1.807) is 18.2 Å². The zero-order valence-electron chi connectivity index (χ0n) is 10.7. The van der Waals surface area contributed by atoms with Crippen LogP contribution in [0.2, 0.25) is 5.02 Å². The highest BCUT2D eigenvalue weighted by atomic mass is 35.5. The topological polar surface area (TPSA) is 61.8 Å². The van der Waals surface area contributed by atoms with Gasteiger partial charge in [0.15, 0.2) is 6.61 Å². The highest BCUT2D eigenvalue weighted by Gasteiger charge is 2.27. The molecule has 1 aromatic carbocycles. The van der Waals surface area contributed by atoms with Crippen molar-refractivity contribution in [1.82, 2.24) is 5.32 Å². The van der Waals surface area contributed by atoms with Crippen molar-refractivity contribution in [2.24, 2.45) is 0 Å². The summed E-state index contributed by atoms with van der Waals surface area (Å²) in [7, 11) is 0. The summed E-state index contributed by atoms with van der Waals surface area (Å²) in [5.74, 6) is 0.435. The monoisotopic (exact) mass is 284 g/mol. The van der Waals surface area contributed by atoms with Gasteiger partial charge in [-0.3, -0.25) is 4.79 Å². The van der Waals surface area contributed by atoms with Crippen LogP contribution in [0, 0.1) is 0 Å². The maximum atomic E-state index is 11.9. The molecule has 19 heavy (non-hydrogen) atoms. The highest BCUT2D eigenvalue weighted by molar-refractivity contribution is 6.31. The molecule has 1 aliphatic heterocycles. The summed E-state index contributed by atoms with van der Waals surface area (Å²) in [5.41, 5.74) is 0.610. The zero-order chi connectivity index (χ0) is 13.8. The number of ether oxygens (including phenoxy) is 1. The van der Waals surface area contributed by atoms with Crippen LogP contribution in [0.3, 0.4) is 0 Å². The Morgan fingerprint density at radius 2 is 2.37 bits per heavy atom. The Kier molecular flexibility index (Phi) is 4.63. The maximum Gasteiger partial charge on any atom is 0.265 e. The summed E-state index contributed by atoms with van der Waals surface area (Å²) in [6.45, 7) is 3.39. The smallest absolute Gasteiger partial charge is 0.265 e. The number of likely N-dealkylation sites (N-methyl/N-ethyl adjacent to an activating group) is 1. The van der Waals surface area contributed by atoms with Crippen molar-refractivity contribution in [1.29, 1.82) is 0 Å². The second-order valence-electron chi connectivity index (χ2n) is 4.37. The van der Waals surface area contributed by atoms with Crippen LogP contribution in [0.4, 0.5) is 5.69 Å². The molecule has 0 saturated carbocycles. The van der Waals surface area contributed by atoms with Gasteiger partial charge in [0, 0.05) is 11.6 Å². The van der Waals surface area contributed by atoms with Gasteiger partial charge in [-0.15, -0.1) is 0 Å². The van der Waals surface area contributed by atoms with Gasteiger partial charge in [0.05, 0.1) is 18.3 Å². The zero-order valence-corrected chi connectivity index (χ0v) is 11.5. The minimum absolute atomic E-state index is 0.0114. The maximum absolute atomic E-state index is 11.9. The second-order valence-corrected chi connectivity index (χ2v) is 4.80. The molecule has 0 fully saturated rings. The average Bonchev–Trinajstić information content (AvgIpc) is 2.40. The van der Waals surface area contributed by atoms with Crippen molar-refractivity contribution in [2.75, 3.05) is 31.1 Å². The third-order valence-electron chi connectivity index (χ3n) is 2.89. The fourth-order valence-corrected chi connectivity index (χ4v) is 2.13. The molecular weight excluding hydrogens is 268 g/mol. The van der Waals surface area contributed by atoms with Crippen molar-refractivity contribution < 1.29 is 14.6 Å². The molecule has 0 saturated heterocycles. The minimum Gasteiger partial charge on any atom is -0.482 e. The number of benzene rings is 1. The van der Waals surface area contributed by atoms with Crippen LogP contribution in [-0.4, -0.2) is 43.4 Å². The van der Waals surface area contributed by atoms with Crippen molar-refractivity contribution >= 4 is 23.2 Å². The van der Waals surface area contributed by atoms with Crippen LogP contribution in [-0.2, 0) is 4.79 Å². The predicted octanol–water partition coefficient (Wildman–Crippen LogP) is 1.04. The molecule has 1 amide bonds. The van der Waals surface area contributed by atoms with E-state index in [1.165, 1.54) is 4.90 Å². The van der Waals surface area contributed by atoms with Gasteiger partial charge in [-0.2, -0.15) is 0 Å². The van der Waals surface area contributed by atoms with E-state index in [2.05, 4.69) is 5.32 Å². The molecule has 1 aliphatic rings. The van der Waals surface area contributed by atoms with Gasteiger partial charge in [0.1, 0.15) is 5.75 Å². The molecule has 1 atom stereocenters. The number of hydrogen-bond acceptors (Lipinski definition) is 4. The molecule has 0 spiro atoms. The molecule has 2 N–H and O–H groups in total. The van der Waals surface area contributed by atoms with Crippen molar-refractivity contribution in [3.8, 4) is 5.75 Å². The Morgan fingerprint density at radius 3 is 3.11 bits per heavy atom. The lowest BCUT2D eigenvalue weighted by molar-refractivity contribution is -0.121. The third kappa shape index (κ3) is 3.37. The lowest BCUT2D eigenvalue weighted by Gasteiger charge is -2.31. The normalized spacial score (nSPS) is 15.9. The Bertz CT molecular complexity index is 467. The molecule has 0 radical (unpaired) electrons. The minimum atomic E-state index is -0.631. The summed E-state index contributed by atoms with van der Waals surface area (Å²) >= 11 is 5.94. The van der Waals surface area contributed by atoms with E-state index in [4.69, 9.17) is 16.3 Å². The number of fused-ring (bicyclic) bond motifs is 1. The summed E-state index contributed by atoms with van der Waals surface area (Å²) in [6, 6.07) is 5.12. The number of nitrogens with zero attached hydrogens (tertiary/aromatic N) is 1. The first-order chi connectivity index (χ1) is 9.11. The predicted molar refractivity (Wildman–Crippen MR) is 73.9 cm³/mol. The van der Waals surface area contributed by atoms with Crippen molar-refractivity contribution in [3.63, 3.8) is 0 Å². The van der Waals surface area contributed by atoms with Gasteiger partial charge >= 0.3 is 0 Å². The molecule has 0 aliphatic carbocycles. The largest absolute Gasteiger partial charge is 0.482 e. The van der Waals surface area contributed by atoms with Crippen LogP contribution >= 0.6 is 11.6 Å². The molecule has 6 heteroatoms. The summed E-state index contributed by atoms with van der Waals surface area (Å²) in [6.07, 6.45) is -0.631. The fourth-order valence-electron chi connectivity index (χ4n) is 1.96. The van der Waals surface area contributed by atoms with Crippen LogP contribution in [0.5, 0.6) is 5.75 Å². The molecular formula is C13H17ClN2O3. The van der Waals surface area contributed by atoms with Crippen LogP contribution in [0.15, 0.2) is 18.2 Å². The quantitative estimate of drug-likeness (QED) is 0.848. The Hall–Kier alpha value is -1.30. The molecule has 1 aromatic rings. The highest BCUT2D eigenvalue weighted by Crippen LogP contribution is 2.34. The van der Waals surface area contributed by atoms with Crippen molar-refractivity contribution in [3.05, 3.63) is 23.2 Å².